The largest absolute Gasteiger partial charge is 0.457 e. The Morgan fingerprint density at radius 1 is 1.05 bits per heavy atom. The van der Waals surface area contributed by atoms with E-state index in [9.17, 15) is 0 Å². The zero-order valence-corrected chi connectivity index (χ0v) is 13.4. The second-order valence-electron chi connectivity index (χ2n) is 6.23. The predicted molar refractivity (Wildman–Crippen MR) is 88.9 cm³/mol. The van der Waals surface area contributed by atoms with Crippen molar-refractivity contribution in [3.05, 3.63) is 59.7 Å². The molecular formula is C19H25NO. The van der Waals surface area contributed by atoms with E-state index in [-0.39, 0.29) is 11.5 Å². The highest BCUT2D eigenvalue weighted by molar-refractivity contribution is 5.37. The van der Waals surface area contributed by atoms with E-state index in [2.05, 4.69) is 32.9 Å². The van der Waals surface area contributed by atoms with Crippen molar-refractivity contribution in [1.82, 2.24) is 0 Å². The van der Waals surface area contributed by atoms with E-state index < -0.39 is 0 Å². The van der Waals surface area contributed by atoms with Gasteiger partial charge in [0.1, 0.15) is 11.5 Å². The van der Waals surface area contributed by atoms with Crippen molar-refractivity contribution in [2.75, 3.05) is 0 Å². The second-order valence-corrected chi connectivity index (χ2v) is 6.23. The molecule has 0 saturated carbocycles. The van der Waals surface area contributed by atoms with E-state index >= 15 is 0 Å². The van der Waals surface area contributed by atoms with Gasteiger partial charge in [-0.15, -0.1) is 0 Å². The van der Waals surface area contributed by atoms with E-state index in [0.29, 0.717) is 0 Å². The normalized spacial score (nSPS) is 13.0. The molecular weight excluding hydrogens is 258 g/mol. The van der Waals surface area contributed by atoms with E-state index in [1.165, 1.54) is 5.56 Å². The Morgan fingerprint density at radius 2 is 1.71 bits per heavy atom. The van der Waals surface area contributed by atoms with Crippen LogP contribution in [0.25, 0.3) is 0 Å². The van der Waals surface area contributed by atoms with Gasteiger partial charge in [-0.25, -0.2) is 0 Å². The van der Waals surface area contributed by atoms with Crippen molar-refractivity contribution in [1.29, 1.82) is 0 Å². The van der Waals surface area contributed by atoms with Crippen molar-refractivity contribution in [3.63, 3.8) is 0 Å². The molecule has 0 aliphatic heterocycles. The third kappa shape index (κ3) is 3.85. The molecule has 0 aromatic heterocycles. The van der Waals surface area contributed by atoms with Crippen LogP contribution >= 0.6 is 0 Å². The molecule has 2 heteroatoms. The summed E-state index contributed by atoms with van der Waals surface area (Å²) in [5.41, 5.74) is 8.52. The third-order valence-electron chi connectivity index (χ3n) is 4.14. The molecule has 0 saturated heterocycles. The maximum absolute atomic E-state index is 5.91. The lowest BCUT2D eigenvalue weighted by atomic mass is 9.82. The average Bonchev–Trinajstić information content (AvgIpc) is 2.48. The van der Waals surface area contributed by atoms with Crippen LogP contribution in [-0.4, -0.2) is 0 Å². The average molecular weight is 283 g/mol. The minimum absolute atomic E-state index is 0.0151. The quantitative estimate of drug-likeness (QED) is 0.820. The highest BCUT2D eigenvalue weighted by Gasteiger charge is 2.17. The second kappa shape index (κ2) is 6.31. The van der Waals surface area contributed by atoms with Gasteiger partial charge < -0.3 is 10.5 Å². The number of hydrogen-bond acceptors (Lipinski definition) is 2. The number of rotatable bonds is 5. The Hall–Kier alpha value is -1.80. The van der Waals surface area contributed by atoms with Gasteiger partial charge in [-0.05, 0) is 54.2 Å². The molecule has 112 valence electrons. The molecule has 0 radical (unpaired) electrons. The minimum atomic E-state index is 0.0151. The zero-order chi connectivity index (χ0) is 15.5. The molecule has 2 aromatic carbocycles. The number of nitrogens with two attached hydrogens (primary N) is 1. The Morgan fingerprint density at radius 3 is 2.29 bits per heavy atom. The van der Waals surface area contributed by atoms with Gasteiger partial charge in [0.15, 0.2) is 0 Å². The van der Waals surface area contributed by atoms with Crippen LogP contribution in [0.1, 0.15) is 51.3 Å². The fraction of sp³-hybridized carbons (Fsp3) is 0.368. The standard InChI is InChI=1S/C19H25NO/c1-5-19(3,4)16-9-11-17(12-10-16)21-18-8-6-7-15(13-18)14(2)20/h6-14H,5,20H2,1-4H3. The molecule has 2 N–H and O–H groups in total. The lowest BCUT2D eigenvalue weighted by Gasteiger charge is -2.23. The molecule has 0 aliphatic carbocycles. The molecule has 0 fully saturated rings. The lowest BCUT2D eigenvalue weighted by Crippen LogP contribution is -2.14. The van der Waals surface area contributed by atoms with E-state index in [0.717, 1.165) is 23.5 Å². The van der Waals surface area contributed by atoms with Gasteiger partial charge in [0.2, 0.25) is 0 Å². The molecule has 0 bridgehead atoms. The van der Waals surface area contributed by atoms with Gasteiger partial charge in [0.05, 0.1) is 0 Å². The molecule has 0 amide bonds. The van der Waals surface area contributed by atoms with Crippen LogP contribution in [-0.2, 0) is 5.41 Å². The number of hydrogen-bond donors (Lipinski definition) is 1. The summed E-state index contributed by atoms with van der Waals surface area (Å²) in [4.78, 5) is 0. The van der Waals surface area contributed by atoms with Gasteiger partial charge in [-0.3, -0.25) is 0 Å². The van der Waals surface area contributed by atoms with Crippen LogP contribution in [0.2, 0.25) is 0 Å². The maximum Gasteiger partial charge on any atom is 0.127 e. The fourth-order valence-corrected chi connectivity index (χ4v) is 2.18. The molecule has 2 aromatic rings. The lowest BCUT2D eigenvalue weighted by molar-refractivity contribution is 0.477. The summed E-state index contributed by atoms with van der Waals surface area (Å²) in [5, 5.41) is 0. The predicted octanol–water partition coefficient (Wildman–Crippen LogP) is 5.19. The van der Waals surface area contributed by atoms with Crippen LogP contribution in [0.15, 0.2) is 48.5 Å². The fourth-order valence-electron chi connectivity index (χ4n) is 2.18. The molecule has 0 aliphatic rings. The van der Waals surface area contributed by atoms with Gasteiger partial charge in [0, 0.05) is 6.04 Å². The molecule has 1 atom stereocenters. The maximum atomic E-state index is 5.91. The van der Waals surface area contributed by atoms with Crippen molar-refractivity contribution in [3.8, 4) is 11.5 Å². The molecule has 1 unspecified atom stereocenters. The van der Waals surface area contributed by atoms with Crippen LogP contribution < -0.4 is 10.5 Å². The monoisotopic (exact) mass is 283 g/mol. The van der Waals surface area contributed by atoms with Crippen molar-refractivity contribution in [2.45, 2.75) is 45.6 Å². The first kappa shape index (κ1) is 15.6. The smallest absolute Gasteiger partial charge is 0.127 e. The Kier molecular flexibility index (Phi) is 4.69. The summed E-state index contributed by atoms with van der Waals surface area (Å²) >= 11 is 0. The van der Waals surface area contributed by atoms with Gasteiger partial charge >= 0.3 is 0 Å². The van der Waals surface area contributed by atoms with Gasteiger partial charge in [-0.2, -0.15) is 0 Å². The van der Waals surface area contributed by atoms with E-state index in [1.807, 2.05) is 43.3 Å². The van der Waals surface area contributed by atoms with Crippen molar-refractivity contribution >= 4 is 0 Å². The summed E-state index contributed by atoms with van der Waals surface area (Å²) < 4.78 is 5.91. The first-order chi connectivity index (χ1) is 9.92. The summed E-state index contributed by atoms with van der Waals surface area (Å²) in [6.45, 7) is 8.70. The van der Waals surface area contributed by atoms with Crippen molar-refractivity contribution in [2.24, 2.45) is 5.73 Å². The zero-order valence-electron chi connectivity index (χ0n) is 13.4. The van der Waals surface area contributed by atoms with Crippen LogP contribution in [0.3, 0.4) is 0 Å². The molecule has 0 heterocycles. The summed E-state index contributed by atoms with van der Waals surface area (Å²) in [5.74, 6) is 1.68. The van der Waals surface area contributed by atoms with Crippen LogP contribution in [0.4, 0.5) is 0 Å². The molecule has 21 heavy (non-hydrogen) atoms. The summed E-state index contributed by atoms with van der Waals surface area (Å²) in [6, 6.07) is 16.3. The summed E-state index contributed by atoms with van der Waals surface area (Å²) in [7, 11) is 0. The third-order valence-corrected chi connectivity index (χ3v) is 4.14. The highest BCUT2D eigenvalue weighted by atomic mass is 16.5. The molecule has 2 nitrogen and oxygen atoms in total. The Labute approximate surface area is 127 Å². The highest BCUT2D eigenvalue weighted by Crippen LogP contribution is 2.30. The topological polar surface area (TPSA) is 35.2 Å². The van der Waals surface area contributed by atoms with Gasteiger partial charge in [0.25, 0.3) is 0 Å². The Balaban J connectivity index is 2.15. The number of benzene rings is 2. The first-order valence-electron chi connectivity index (χ1n) is 7.56. The van der Waals surface area contributed by atoms with E-state index in [4.69, 9.17) is 10.5 Å². The van der Waals surface area contributed by atoms with Gasteiger partial charge in [-0.1, -0.05) is 45.0 Å². The van der Waals surface area contributed by atoms with E-state index in [1.54, 1.807) is 0 Å². The van der Waals surface area contributed by atoms with Crippen LogP contribution in [0, 0.1) is 0 Å². The molecule has 0 spiro atoms. The molecule has 2 rings (SSSR count). The minimum Gasteiger partial charge on any atom is -0.457 e. The van der Waals surface area contributed by atoms with Crippen LogP contribution in [0.5, 0.6) is 11.5 Å². The van der Waals surface area contributed by atoms with Crippen molar-refractivity contribution < 1.29 is 4.74 Å². The SMILES string of the molecule is CCC(C)(C)c1ccc(Oc2cccc(C(C)N)c2)cc1. The Bertz CT molecular complexity index is 585. The first-order valence-corrected chi connectivity index (χ1v) is 7.56. The summed E-state index contributed by atoms with van der Waals surface area (Å²) in [6.07, 6.45) is 1.11. The number of ether oxygens (including phenoxy) is 1.